The third-order valence-corrected chi connectivity index (χ3v) is 5.24. The van der Waals surface area contributed by atoms with Gasteiger partial charge < -0.3 is 10.2 Å². The van der Waals surface area contributed by atoms with Crippen molar-refractivity contribution < 1.29 is 4.79 Å². The summed E-state index contributed by atoms with van der Waals surface area (Å²) in [5.74, 6) is 0.454. The second-order valence-corrected chi connectivity index (χ2v) is 7.35. The SMILES string of the molecule is Cc1cccc(N2CC[C@@H](CNC(=O)c3ccc(-c4cncnc4)cc3)C2)c1. The highest BCUT2D eigenvalue weighted by Crippen LogP contribution is 2.24. The number of rotatable bonds is 5. The molecule has 5 nitrogen and oxygen atoms in total. The van der Waals surface area contributed by atoms with E-state index in [-0.39, 0.29) is 5.91 Å². The first kappa shape index (κ1) is 18.2. The first-order valence-electron chi connectivity index (χ1n) is 9.64. The Kier molecular flexibility index (Phi) is 5.33. The second kappa shape index (κ2) is 8.21. The lowest BCUT2D eigenvalue weighted by Gasteiger charge is -2.19. The van der Waals surface area contributed by atoms with Crippen molar-refractivity contribution in [2.24, 2.45) is 5.92 Å². The van der Waals surface area contributed by atoms with Gasteiger partial charge in [-0.25, -0.2) is 9.97 Å². The van der Waals surface area contributed by atoms with Crippen molar-refractivity contribution >= 4 is 11.6 Å². The van der Waals surface area contributed by atoms with Crippen molar-refractivity contribution in [3.05, 3.63) is 78.4 Å². The van der Waals surface area contributed by atoms with Crippen LogP contribution >= 0.6 is 0 Å². The average Bonchev–Trinajstić information content (AvgIpc) is 3.22. The molecule has 2 heterocycles. The van der Waals surface area contributed by atoms with Crippen molar-refractivity contribution in [3.63, 3.8) is 0 Å². The van der Waals surface area contributed by atoms with Gasteiger partial charge in [-0.2, -0.15) is 0 Å². The quantitative estimate of drug-likeness (QED) is 0.742. The van der Waals surface area contributed by atoms with E-state index in [1.54, 1.807) is 12.4 Å². The Bertz CT molecular complexity index is 940. The molecule has 1 N–H and O–H groups in total. The molecule has 4 rings (SSSR count). The smallest absolute Gasteiger partial charge is 0.251 e. The minimum Gasteiger partial charge on any atom is -0.371 e. The largest absolute Gasteiger partial charge is 0.371 e. The molecule has 1 saturated heterocycles. The van der Waals surface area contributed by atoms with Gasteiger partial charge in [0.05, 0.1) is 0 Å². The van der Waals surface area contributed by atoms with Gasteiger partial charge in [-0.15, -0.1) is 0 Å². The van der Waals surface area contributed by atoms with E-state index in [0.29, 0.717) is 18.0 Å². The van der Waals surface area contributed by atoms with Crippen LogP contribution in [0.1, 0.15) is 22.3 Å². The molecule has 0 radical (unpaired) electrons. The monoisotopic (exact) mass is 372 g/mol. The standard InChI is InChI=1S/C23H24N4O/c1-17-3-2-4-22(11-17)27-10-9-18(15-27)12-26-23(28)20-7-5-19(6-8-20)21-13-24-16-25-14-21/h2-8,11,13-14,16,18H,9-10,12,15H2,1H3,(H,26,28)/t18-/m0/s1. The molecule has 0 aliphatic carbocycles. The van der Waals surface area contributed by atoms with Gasteiger partial charge in [0.25, 0.3) is 5.91 Å². The molecule has 1 aliphatic heterocycles. The van der Waals surface area contributed by atoms with Gasteiger partial charge in [0.15, 0.2) is 0 Å². The molecule has 0 spiro atoms. The zero-order valence-electron chi connectivity index (χ0n) is 16.0. The van der Waals surface area contributed by atoms with E-state index < -0.39 is 0 Å². The molecule has 28 heavy (non-hydrogen) atoms. The van der Waals surface area contributed by atoms with Gasteiger partial charge in [0, 0.05) is 48.8 Å². The summed E-state index contributed by atoms with van der Waals surface area (Å²) in [5, 5.41) is 3.09. The Morgan fingerprint density at radius 1 is 1.11 bits per heavy atom. The van der Waals surface area contributed by atoms with Crippen LogP contribution < -0.4 is 10.2 Å². The predicted molar refractivity (Wildman–Crippen MR) is 111 cm³/mol. The number of benzene rings is 2. The highest BCUT2D eigenvalue weighted by atomic mass is 16.1. The summed E-state index contributed by atoms with van der Waals surface area (Å²) in [7, 11) is 0. The summed E-state index contributed by atoms with van der Waals surface area (Å²) in [6.45, 7) is 4.84. The van der Waals surface area contributed by atoms with E-state index in [1.807, 2.05) is 24.3 Å². The number of carbonyl (C=O) groups is 1. The highest BCUT2D eigenvalue weighted by Gasteiger charge is 2.23. The van der Waals surface area contributed by atoms with Crippen LogP contribution in [-0.4, -0.2) is 35.5 Å². The van der Waals surface area contributed by atoms with E-state index in [0.717, 1.165) is 30.6 Å². The molecule has 1 amide bonds. The van der Waals surface area contributed by atoms with Gasteiger partial charge in [0.1, 0.15) is 6.33 Å². The zero-order valence-corrected chi connectivity index (χ0v) is 16.0. The average molecular weight is 372 g/mol. The van der Waals surface area contributed by atoms with Crippen molar-refractivity contribution in [2.75, 3.05) is 24.5 Å². The van der Waals surface area contributed by atoms with Crippen LogP contribution in [0.3, 0.4) is 0 Å². The Morgan fingerprint density at radius 2 is 1.89 bits per heavy atom. The number of aryl methyl sites for hydroxylation is 1. The molecule has 2 aromatic carbocycles. The fourth-order valence-electron chi connectivity index (χ4n) is 3.66. The maximum Gasteiger partial charge on any atom is 0.251 e. The molecule has 1 aromatic heterocycles. The first-order valence-corrected chi connectivity index (χ1v) is 9.64. The fraction of sp³-hybridized carbons (Fsp3) is 0.261. The highest BCUT2D eigenvalue weighted by molar-refractivity contribution is 5.94. The molecule has 142 valence electrons. The Morgan fingerprint density at radius 3 is 2.64 bits per heavy atom. The van der Waals surface area contributed by atoms with Gasteiger partial charge >= 0.3 is 0 Å². The summed E-state index contributed by atoms with van der Waals surface area (Å²) in [5.41, 5.74) is 5.17. The summed E-state index contributed by atoms with van der Waals surface area (Å²) >= 11 is 0. The molecule has 0 unspecified atom stereocenters. The van der Waals surface area contributed by atoms with Gasteiger partial charge in [-0.1, -0.05) is 24.3 Å². The summed E-state index contributed by atoms with van der Waals surface area (Å²) in [6.07, 6.45) is 6.14. The third kappa shape index (κ3) is 4.19. The molecular formula is C23H24N4O. The molecule has 1 atom stereocenters. The number of hydrogen-bond donors (Lipinski definition) is 1. The van der Waals surface area contributed by atoms with Crippen molar-refractivity contribution in [3.8, 4) is 11.1 Å². The first-order chi connectivity index (χ1) is 13.7. The number of aromatic nitrogens is 2. The minimum atomic E-state index is -0.0233. The van der Waals surface area contributed by atoms with Gasteiger partial charge in [0.2, 0.25) is 0 Å². The number of amides is 1. The van der Waals surface area contributed by atoms with Gasteiger partial charge in [-0.3, -0.25) is 4.79 Å². The minimum absolute atomic E-state index is 0.0233. The van der Waals surface area contributed by atoms with Crippen LogP contribution in [0.25, 0.3) is 11.1 Å². The van der Waals surface area contributed by atoms with Crippen molar-refractivity contribution in [1.29, 1.82) is 0 Å². The van der Waals surface area contributed by atoms with E-state index in [9.17, 15) is 4.79 Å². The fourth-order valence-corrected chi connectivity index (χ4v) is 3.66. The van der Waals surface area contributed by atoms with E-state index in [4.69, 9.17) is 0 Å². The van der Waals surface area contributed by atoms with Crippen LogP contribution in [0.4, 0.5) is 5.69 Å². The lowest BCUT2D eigenvalue weighted by molar-refractivity contribution is 0.0948. The number of nitrogens with zero attached hydrogens (tertiary/aromatic N) is 3. The number of anilines is 1. The Hall–Kier alpha value is -3.21. The van der Waals surface area contributed by atoms with E-state index in [2.05, 4.69) is 51.4 Å². The van der Waals surface area contributed by atoms with Crippen LogP contribution in [0.5, 0.6) is 0 Å². The molecule has 1 fully saturated rings. The Balaban J connectivity index is 1.31. The lowest BCUT2D eigenvalue weighted by Crippen LogP contribution is -2.31. The molecule has 5 heteroatoms. The molecule has 3 aromatic rings. The molecule has 0 bridgehead atoms. The van der Waals surface area contributed by atoms with Crippen molar-refractivity contribution in [1.82, 2.24) is 15.3 Å². The normalized spacial score (nSPS) is 16.2. The topological polar surface area (TPSA) is 58.1 Å². The van der Waals surface area contributed by atoms with Crippen molar-refractivity contribution in [2.45, 2.75) is 13.3 Å². The number of hydrogen-bond acceptors (Lipinski definition) is 4. The van der Waals surface area contributed by atoms with E-state index >= 15 is 0 Å². The second-order valence-electron chi connectivity index (χ2n) is 7.35. The predicted octanol–water partition coefficient (Wildman–Crippen LogP) is 3.71. The summed E-state index contributed by atoms with van der Waals surface area (Å²) in [6, 6.07) is 16.2. The van der Waals surface area contributed by atoms with Crippen LogP contribution in [0.15, 0.2) is 67.3 Å². The molecule has 0 saturated carbocycles. The maximum atomic E-state index is 12.5. The van der Waals surface area contributed by atoms with Gasteiger partial charge in [-0.05, 0) is 54.7 Å². The number of carbonyl (C=O) groups excluding carboxylic acids is 1. The van der Waals surface area contributed by atoms with Crippen LogP contribution in [0.2, 0.25) is 0 Å². The summed E-state index contributed by atoms with van der Waals surface area (Å²) < 4.78 is 0. The summed E-state index contributed by atoms with van der Waals surface area (Å²) in [4.78, 5) is 23.0. The van der Waals surface area contributed by atoms with E-state index in [1.165, 1.54) is 17.6 Å². The Labute approximate surface area is 165 Å². The molecule has 1 aliphatic rings. The maximum absolute atomic E-state index is 12.5. The lowest BCUT2D eigenvalue weighted by atomic mass is 10.1. The zero-order chi connectivity index (χ0) is 19.3. The number of nitrogens with one attached hydrogen (secondary N) is 1. The van der Waals surface area contributed by atoms with Crippen LogP contribution in [-0.2, 0) is 0 Å². The third-order valence-electron chi connectivity index (χ3n) is 5.24. The molecular weight excluding hydrogens is 348 g/mol. The van der Waals surface area contributed by atoms with Crippen LogP contribution in [0, 0.1) is 12.8 Å².